The minimum atomic E-state index is -0.437. The third-order valence-electron chi connectivity index (χ3n) is 4.32. The van der Waals surface area contributed by atoms with E-state index in [1.807, 2.05) is 26.0 Å². The van der Waals surface area contributed by atoms with Gasteiger partial charge in [0.05, 0.1) is 12.5 Å². The molecule has 0 aliphatic carbocycles. The van der Waals surface area contributed by atoms with Crippen LogP contribution in [-0.4, -0.2) is 41.8 Å². The number of nitrogens with one attached hydrogen (secondary N) is 1. The Morgan fingerprint density at radius 3 is 3.00 bits per heavy atom. The summed E-state index contributed by atoms with van der Waals surface area (Å²) in [6.45, 7) is 5.38. The van der Waals surface area contributed by atoms with E-state index in [0.29, 0.717) is 42.0 Å². The molecule has 7 nitrogen and oxygen atoms in total. The van der Waals surface area contributed by atoms with Gasteiger partial charge in [0.25, 0.3) is 0 Å². The molecule has 1 N–H and O–H groups in total. The summed E-state index contributed by atoms with van der Waals surface area (Å²) in [7, 11) is 0. The number of nitrogens with zero attached hydrogens (tertiary/aromatic N) is 3. The lowest BCUT2D eigenvalue weighted by Crippen LogP contribution is -2.28. The number of aromatic nitrogens is 2. The highest BCUT2D eigenvalue weighted by Crippen LogP contribution is 2.29. The fourth-order valence-electron chi connectivity index (χ4n) is 2.80. The van der Waals surface area contributed by atoms with Crippen LogP contribution in [0.15, 0.2) is 18.2 Å². The predicted octanol–water partition coefficient (Wildman–Crippen LogP) is 3.07. The van der Waals surface area contributed by atoms with Gasteiger partial charge in [0, 0.05) is 36.7 Å². The lowest BCUT2D eigenvalue weighted by molar-refractivity contribution is -0.122. The van der Waals surface area contributed by atoms with Crippen molar-refractivity contribution in [3.05, 3.63) is 33.8 Å². The quantitative estimate of drug-likeness (QED) is 0.711. The molecule has 3 rings (SSSR count). The molecule has 1 aromatic heterocycles. The Kier molecular flexibility index (Phi) is 6.41. The number of halogens is 1. The molecule has 0 spiro atoms. The van der Waals surface area contributed by atoms with E-state index in [2.05, 4.69) is 15.5 Å². The second-order valence-electron chi connectivity index (χ2n) is 6.28. The number of hydrogen-bond donors (Lipinski definition) is 1. The zero-order valence-corrected chi connectivity index (χ0v) is 16.8. The second kappa shape index (κ2) is 8.77. The molecule has 1 aliphatic heterocycles. The zero-order chi connectivity index (χ0) is 19.4. The van der Waals surface area contributed by atoms with Gasteiger partial charge in [0.1, 0.15) is 5.01 Å². The number of carbonyl (C=O) groups is 2. The van der Waals surface area contributed by atoms with Crippen molar-refractivity contribution in [2.75, 3.05) is 30.0 Å². The number of carbonyl (C=O) groups excluding carboxylic acids is 2. The van der Waals surface area contributed by atoms with Crippen LogP contribution in [0.2, 0.25) is 5.02 Å². The average Bonchev–Trinajstić information content (AvgIpc) is 3.24. The maximum atomic E-state index is 12.5. The summed E-state index contributed by atoms with van der Waals surface area (Å²) >= 11 is 7.48. The molecule has 2 amide bonds. The largest absolute Gasteiger partial charge is 0.381 e. The summed E-state index contributed by atoms with van der Waals surface area (Å²) in [5, 5.41) is 12.6. The number of hydrogen-bond acceptors (Lipinski definition) is 6. The van der Waals surface area contributed by atoms with E-state index in [9.17, 15) is 9.59 Å². The normalized spacial score (nSPS) is 16.8. The molecule has 1 unspecified atom stereocenters. The van der Waals surface area contributed by atoms with Gasteiger partial charge in [-0.15, -0.1) is 10.2 Å². The monoisotopic (exact) mass is 408 g/mol. The van der Waals surface area contributed by atoms with Gasteiger partial charge in [-0.2, -0.15) is 0 Å². The molecule has 1 fully saturated rings. The highest BCUT2D eigenvalue weighted by molar-refractivity contribution is 7.15. The van der Waals surface area contributed by atoms with Crippen LogP contribution in [0.4, 0.5) is 10.8 Å². The molecule has 9 heteroatoms. The van der Waals surface area contributed by atoms with Crippen molar-refractivity contribution in [3.8, 4) is 0 Å². The zero-order valence-electron chi connectivity index (χ0n) is 15.2. The maximum absolute atomic E-state index is 12.5. The van der Waals surface area contributed by atoms with Crippen LogP contribution >= 0.6 is 22.9 Å². The average molecular weight is 409 g/mol. The highest BCUT2D eigenvalue weighted by atomic mass is 35.5. The number of benzene rings is 1. The van der Waals surface area contributed by atoms with Crippen molar-refractivity contribution in [2.45, 2.75) is 26.7 Å². The van der Waals surface area contributed by atoms with Crippen LogP contribution < -0.4 is 10.2 Å². The summed E-state index contributed by atoms with van der Waals surface area (Å²) in [4.78, 5) is 26.5. The topological polar surface area (TPSA) is 84.4 Å². The second-order valence-corrected chi connectivity index (χ2v) is 7.75. The standard InChI is InChI=1S/C18H21ClN4O3S/c1-3-26-7-6-15-21-22-18(27-15)20-17(25)12-8-16(24)23(10-12)13-5-4-11(2)14(19)9-13/h4-5,9,12H,3,6-8,10H2,1-2H3,(H,20,22,25). The van der Waals surface area contributed by atoms with Crippen molar-refractivity contribution in [1.82, 2.24) is 10.2 Å². The van der Waals surface area contributed by atoms with Gasteiger partial charge >= 0.3 is 0 Å². The number of rotatable bonds is 7. The third-order valence-corrected chi connectivity index (χ3v) is 5.63. The first-order chi connectivity index (χ1) is 13.0. The third kappa shape index (κ3) is 4.82. The van der Waals surface area contributed by atoms with Gasteiger partial charge in [0.2, 0.25) is 16.9 Å². The molecule has 27 heavy (non-hydrogen) atoms. The Bertz CT molecular complexity index is 842. The molecular formula is C18H21ClN4O3S. The van der Waals surface area contributed by atoms with Crippen molar-refractivity contribution in [2.24, 2.45) is 5.92 Å². The van der Waals surface area contributed by atoms with Gasteiger partial charge in [-0.3, -0.25) is 9.59 Å². The minimum Gasteiger partial charge on any atom is -0.381 e. The van der Waals surface area contributed by atoms with Gasteiger partial charge in [-0.1, -0.05) is 29.0 Å². The van der Waals surface area contributed by atoms with Crippen LogP contribution in [0.1, 0.15) is 23.9 Å². The molecule has 0 saturated carbocycles. The Balaban J connectivity index is 1.59. The minimum absolute atomic E-state index is 0.0928. The molecule has 1 atom stereocenters. The SMILES string of the molecule is CCOCCc1nnc(NC(=O)C2CC(=O)N(c3ccc(C)c(Cl)c3)C2)s1. The predicted molar refractivity (Wildman–Crippen MR) is 105 cm³/mol. The van der Waals surface area contributed by atoms with E-state index < -0.39 is 5.92 Å². The van der Waals surface area contributed by atoms with Crippen molar-refractivity contribution in [3.63, 3.8) is 0 Å². The van der Waals surface area contributed by atoms with Crippen LogP contribution in [0.25, 0.3) is 0 Å². The Labute approximate surface area is 166 Å². The summed E-state index contributed by atoms with van der Waals surface area (Å²) in [5.41, 5.74) is 1.65. The fourth-order valence-corrected chi connectivity index (χ4v) is 3.70. The van der Waals surface area contributed by atoms with Crippen molar-refractivity contribution < 1.29 is 14.3 Å². The Hall–Kier alpha value is -2.03. The molecule has 1 aromatic carbocycles. The number of aryl methyl sites for hydroxylation is 1. The molecule has 2 aromatic rings. The molecule has 0 bridgehead atoms. The summed E-state index contributed by atoms with van der Waals surface area (Å²) in [5.74, 6) is -0.755. The van der Waals surface area contributed by atoms with E-state index in [-0.39, 0.29) is 18.2 Å². The number of amides is 2. The van der Waals surface area contributed by atoms with Gasteiger partial charge < -0.3 is 15.0 Å². The van der Waals surface area contributed by atoms with E-state index in [1.54, 1.807) is 11.0 Å². The van der Waals surface area contributed by atoms with E-state index in [1.165, 1.54) is 11.3 Å². The smallest absolute Gasteiger partial charge is 0.231 e. The summed E-state index contributed by atoms with van der Waals surface area (Å²) in [6, 6.07) is 5.46. The van der Waals surface area contributed by atoms with Crippen molar-refractivity contribution in [1.29, 1.82) is 0 Å². The van der Waals surface area contributed by atoms with E-state index in [0.717, 1.165) is 10.6 Å². The van der Waals surface area contributed by atoms with Crippen LogP contribution in [0.3, 0.4) is 0 Å². The number of ether oxygens (including phenoxy) is 1. The molecule has 1 aliphatic rings. The van der Waals surface area contributed by atoms with E-state index in [4.69, 9.17) is 16.3 Å². The molecule has 144 valence electrons. The molecule has 0 radical (unpaired) electrons. The van der Waals surface area contributed by atoms with Gasteiger partial charge in [-0.05, 0) is 31.5 Å². The summed E-state index contributed by atoms with van der Waals surface area (Å²) in [6.07, 6.45) is 0.818. The van der Waals surface area contributed by atoms with Crippen LogP contribution in [0, 0.1) is 12.8 Å². The lowest BCUT2D eigenvalue weighted by Gasteiger charge is -2.17. The Morgan fingerprint density at radius 2 is 2.26 bits per heavy atom. The molecule has 1 saturated heterocycles. The molecular weight excluding hydrogens is 388 g/mol. The van der Waals surface area contributed by atoms with Crippen LogP contribution in [0.5, 0.6) is 0 Å². The van der Waals surface area contributed by atoms with E-state index >= 15 is 0 Å². The summed E-state index contributed by atoms with van der Waals surface area (Å²) < 4.78 is 5.29. The lowest BCUT2D eigenvalue weighted by atomic mass is 10.1. The maximum Gasteiger partial charge on any atom is 0.231 e. The van der Waals surface area contributed by atoms with Gasteiger partial charge in [-0.25, -0.2) is 0 Å². The highest BCUT2D eigenvalue weighted by Gasteiger charge is 2.35. The fraction of sp³-hybridized carbons (Fsp3) is 0.444. The Morgan fingerprint density at radius 1 is 1.44 bits per heavy atom. The number of anilines is 2. The van der Waals surface area contributed by atoms with Crippen molar-refractivity contribution >= 4 is 45.6 Å². The first kappa shape index (κ1) is 19.7. The molecule has 2 heterocycles. The van der Waals surface area contributed by atoms with Gasteiger partial charge in [0.15, 0.2) is 0 Å². The van der Waals surface area contributed by atoms with Crippen LogP contribution in [-0.2, 0) is 20.7 Å². The first-order valence-corrected chi connectivity index (χ1v) is 9.95. The first-order valence-electron chi connectivity index (χ1n) is 8.75.